The van der Waals surface area contributed by atoms with Crippen LogP contribution in [-0.4, -0.2) is 0 Å². The fraction of sp³-hybridized carbons (Fsp3) is 0.200. The van der Waals surface area contributed by atoms with Gasteiger partial charge >= 0.3 is 0 Å². The van der Waals surface area contributed by atoms with E-state index in [0.717, 1.165) is 11.1 Å². The summed E-state index contributed by atoms with van der Waals surface area (Å²) in [6.45, 7) is 2.20. The number of halogens is 3. The fourth-order valence-corrected chi connectivity index (χ4v) is 2.40. The van der Waals surface area contributed by atoms with E-state index in [1.54, 1.807) is 30.3 Å². The van der Waals surface area contributed by atoms with Crippen LogP contribution in [0.4, 0.5) is 4.39 Å². The summed E-state index contributed by atoms with van der Waals surface area (Å²) in [6, 6.07) is 9.93. The predicted molar refractivity (Wildman–Crippen MR) is 82.5 cm³/mol. The van der Waals surface area contributed by atoms with Gasteiger partial charge in [-0.2, -0.15) is 0 Å². The lowest BCUT2D eigenvalue weighted by Crippen LogP contribution is -2.08. The maximum absolute atomic E-state index is 13.2. The molecule has 0 unspecified atom stereocenters. The first-order valence-electron chi connectivity index (χ1n) is 6.09. The van der Waals surface area contributed by atoms with E-state index in [2.05, 4.69) is 15.9 Å². The third-order valence-corrected chi connectivity index (χ3v) is 3.68. The van der Waals surface area contributed by atoms with Gasteiger partial charge in [-0.1, -0.05) is 17.7 Å². The molecule has 0 heterocycles. The molecule has 0 spiro atoms. The second-order valence-electron chi connectivity index (χ2n) is 4.51. The summed E-state index contributed by atoms with van der Waals surface area (Å²) >= 11 is 9.11. The molecule has 2 nitrogen and oxygen atoms in total. The van der Waals surface area contributed by atoms with Crippen LogP contribution in [0, 0.1) is 5.82 Å². The highest BCUT2D eigenvalue weighted by Gasteiger charge is 2.09. The minimum absolute atomic E-state index is 0.177. The van der Waals surface area contributed by atoms with E-state index < -0.39 is 0 Å². The SMILES string of the molecule is C[C@@H](N)c1cc(Cl)ccc1OCc1ccc(F)c(Br)c1. The second-order valence-corrected chi connectivity index (χ2v) is 5.80. The van der Waals surface area contributed by atoms with Gasteiger partial charge in [-0.25, -0.2) is 4.39 Å². The van der Waals surface area contributed by atoms with E-state index in [1.165, 1.54) is 6.07 Å². The van der Waals surface area contributed by atoms with E-state index in [0.29, 0.717) is 21.9 Å². The van der Waals surface area contributed by atoms with Gasteiger partial charge in [-0.15, -0.1) is 0 Å². The highest BCUT2D eigenvalue weighted by molar-refractivity contribution is 9.10. The molecule has 0 aromatic heterocycles. The molecule has 0 aliphatic heterocycles. The van der Waals surface area contributed by atoms with Crippen LogP contribution in [0.2, 0.25) is 5.02 Å². The number of nitrogens with two attached hydrogens (primary N) is 1. The van der Waals surface area contributed by atoms with Gasteiger partial charge in [-0.3, -0.25) is 0 Å². The zero-order valence-corrected chi connectivity index (χ0v) is 13.2. The van der Waals surface area contributed by atoms with Crippen molar-refractivity contribution in [3.05, 3.63) is 62.8 Å². The van der Waals surface area contributed by atoms with Crippen LogP contribution in [0.25, 0.3) is 0 Å². The molecule has 0 saturated carbocycles. The molecule has 5 heteroatoms. The molecule has 106 valence electrons. The zero-order chi connectivity index (χ0) is 14.7. The Morgan fingerprint density at radius 3 is 2.70 bits per heavy atom. The van der Waals surface area contributed by atoms with Crippen molar-refractivity contribution in [3.63, 3.8) is 0 Å². The summed E-state index contributed by atoms with van der Waals surface area (Å²) in [6.07, 6.45) is 0. The standard InChI is InChI=1S/C15H14BrClFNO/c1-9(19)12-7-11(17)3-5-15(12)20-8-10-2-4-14(18)13(16)6-10/h2-7,9H,8,19H2,1H3/t9-/m1/s1. The summed E-state index contributed by atoms with van der Waals surface area (Å²) in [4.78, 5) is 0. The van der Waals surface area contributed by atoms with E-state index in [-0.39, 0.29) is 11.9 Å². The summed E-state index contributed by atoms with van der Waals surface area (Å²) in [5.41, 5.74) is 7.61. The molecular weight excluding hydrogens is 345 g/mol. The third kappa shape index (κ3) is 3.72. The monoisotopic (exact) mass is 357 g/mol. The number of hydrogen-bond donors (Lipinski definition) is 1. The van der Waals surface area contributed by atoms with Crippen LogP contribution >= 0.6 is 27.5 Å². The van der Waals surface area contributed by atoms with Crippen molar-refractivity contribution in [2.24, 2.45) is 5.73 Å². The Hall–Kier alpha value is -1.10. The highest BCUT2D eigenvalue weighted by atomic mass is 79.9. The molecule has 0 aliphatic rings. The average Bonchev–Trinajstić information content (AvgIpc) is 2.41. The molecule has 0 amide bonds. The number of benzene rings is 2. The second kappa shape index (κ2) is 6.57. The smallest absolute Gasteiger partial charge is 0.137 e. The summed E-state index contributed by atoms with van der Waals surface area (Å²) < 4.78 is 19.3. The lowest BCUT2D eigenvalue weighted by atomic mass is 10.1. The van der Waals surface area contributed by atoms with Gasteiger partial charge in [0, 0.05) is 16.6 Å². The van der Waals surface area contributed by atoms with Crippen molar-refractivity contribution in [2.45, 2.75) is 19.6 Å². The van der Waals surface area contributed by atoms with Gasteiger partial charge in [-0.05, 0) is 58.7 Å². The van der Waals surface area contributed by atoms with Crippen molar-refractivity contribution in [1.29, 1.82) is 0 Å². The first-order chi connectivity index (χ1) is 9.47. The van der Waals surface area contributed by atoms with Gasteiger partial charge in [0.25, 0.3) is 0 Å². The zero-order valence-electron chi connectivity index (χ0n) is 10.9. The number of ether oxygens (including phenoxy) is 1. The van der Waals surface area contributed by atoms with Crippen LogP contribution in [0.5, 0.6) is 5.75 Å². The molecule has 2 rings (SSSR count). The first kappa shape index (κ1) is 15.3. The molecule has 2 aromatic rings. The van der Waals surface area contributed by atoms with Gasteiger partial charge in [0.05, 0.1) is 4.47 Å². The number of rotatable bonds is 4. The summed E-state index contributed by atoms with van der Waals surface area (Å²) in [7, 11) is 0. The van der Waals surface area contributed by atoms with Crippen LogP contribution in [-0.2, 0) is 6.61 Å². The number of hydrogen-bond acceptors (Lipinski definition) is 2. The Balaban J connectivity index is 2.16. The summed E-state index contributed by atoms with van der Waals surface area (Å²) in [5.74, 6) is 0.390. The molecule has 0 saturated heterocycles. The molecule has 0 bridgehead atoms. The van der Waals surface area contributed by atoms with Crippen LogP contribution < -0.4 is 10.5 Å². The van der Waals surface area contributed by atoms with Crippen molar-refractivity contribution in [2.75, 3.05) is 0 Å². The van der Waals surface area contributed by atoms with Gasteiger partial charge in [0.15, 0.2) is 0 Å². The van der Waals surface area contributed by atoms with Crippen molar-refractivity contribution in [3.8, 4) is 5.75 Å². The molecule has 2 aromatic carbocycles. The Morgan fingerprint density at radius 1 is 1.30 bits per heavy atom. The molecule has 2 N–H and O–H groups in total. The largest absolute Gasteiger partial charge is 0.489 e. The van der Waals surface area contributed by atoms with Gasteiger partial charge in [0.2, 0.25) is 0 Å². The van der Waals surface area contributed by atoms with Crippen molar-refractivity contribution >= 4 is 27.5 Å². The maximum Gasteiger partial charge on any atom is 0.137 e. The first-order valence-corrected chi connectivity index (χ1v) is 7.26. The lowest BCUT2D eigenvalue weighted by molar-refractivity contribution is 0.301. The Labute approximate surface area is 130 Å². The predicted octanol–water partition coefficient (Wildman–Crippen LogP) is 4.84. The molecule has 0 aliphatic carbocycles. The third-order valence-electron chi connectivity index (χ3n) is 2.84. The normalized spacial score (nSPS) is 12.2. The van der Waals surface area contributed by atoms with Gasteiger partial charge in [0.1, 0.15) is 18.2 Å². The van der Waals surface area contributed by atoms with Crippen LogP contribution in [0.15, 0.2) is 40.9 Å². The average molecular weight is 359 g/mol. The summed E-state index contributed by atoms with van der Waals surface area (Å²) in [5, 5.41) is 0.620. The van der Waals surface area contributed by atoms with Crippen LogP contribution in [0.3, 0.4) is 0 Å². The highest BCUT2D eigenvalue weighted by Crippen LogP contribution is 2.28. The van der Waals surface area contributed by atoms with Gasteiger partial charge < -0.3 is 10.5 Å². The molecular formula is C15H14BrClFNO. The topological polar surface area (TPSA) is 35.2 Å². The fourth-order valence-electron chi connectivity index (χ4n) is 1.80. The van der Waals surface area contributed by atoms with E-state index >= 15 is 0 Å². The van der Waals surface area contributed by atoms with Crippen LogP contribution in [0.1, 0.15) is 24.1 Å². The van der Waals surface area contributed by atoms with E-state index in [1.807, 2.05) is 6.92 Å². The lowest BCUT2D eigenvalue weighted by Gasteiger charge is -2.14. The quantitative estimate of drug-likeness (QED) is 0.848. The van der Waals surface area contributed by atoms with Crippen molar-refractivity contribution in [1.82, 2.24) is 0 Å². The Kier molecular flexibility index (Phi) is 5.02. The maximum atomic E-state index is 13.2. The Bertz CT molecular complexity index is 619. The molecule has 0 radical (unpaired) electrons. The minimum Gasteiger partial charge on any atom is -0.489 e. The minimum atomic E-state index is -0.295. The van der Waals surface area contributed by atoms with Crippen molar-refractivity contribution < 1.29 is 9.13 Å². The molecule has 1 atom stereocenters. The van der Waals surface area contributed by atoms with E-state index in [9.17, 15) is 4.39 Å². The molecule has 20 heavy (non-hydrogen) atoms. The van der Waals surface area contributed by atoms with E-state index in [4.69, 9.17) is 22.1 Å². The molecule has 0 fully saturated rings. The Morgan fingerprint density at radius 2 is 2.05 bits per heavy atom.